The van der Waals surface area contributed by atoms with Crippen LogP contribution in [0.3, 0.4) is 0 Å². The largest absolute Gasteiger partial charge is 0.481 e. The molecule has 1 aromatic rings. The van der Waals surface area contributed by atoms with Gasteiger partial charge in [-0.25, -0.2) is 4.98 Å². The molecule has 6 heteroatoms. The molecule has 1 fully saturated rings. The summed E-state index contributed by atoms with van der Waals surface area (Å²) in [4.78, 5) is 28.0. The highest BCUT2D eigenvalue weighted by molar-refractivity contribution is 7.13. The standard InChI is InChI=1S/C13H14N2O3S/c1-13(11(17)18)8-3-2-7(6-8)9(13)10(16)15-12-14-4-5-19-12/h2-5,7-9H,6H2,1H3,(H,17,18)(H,14,15,16)/t7-,8-,9+,13+/m0/s1. The van der Waals surface area contributed by atoms with Crippen molar-refractivity contribution in [2.24, 2.45) is 23.2 Å². The van der Waals surface area contributed by atoms with Gasteiger partial charge in [-0.05, 0) is 25.2 Å². The smallest absolute Gasteiger partial charge is 0.310 e. The molecular weight excluding hydrogens is 264 g/mol. The number of carboxylic acids is 1. The first-order valence-corrected chi connectivity index (χ1v) is 7.03. The average Bonchev–Trinajstić information content (AvgIpc) is 3.03. The zero-order chi connectivity index (χ0) is 13.6. The number of carbonyl (C=O) groups excluding carboxylic acids is 1. The van der Waals surface area contributed by atoms with Gasteiger partial charge in [0.15, 0.2) is 5.13 Å². The lowest BCUT2D eigenvalue weighted by Gasteiger charge is -2.33. The summed E-state index contributed by atoms with van der Waals surface area (Å²) in [5, 5.41) is 14.5. The van der Waals surface area contributed by atoms with Gasteiger partial charge >= 0.3 is 5.97 Å². The van der Waals surface area contributed by atoms with Crippen LogP contribution in [0.4, 0.5) is 5.13 Å². The zero-order valence-electron chi connectivity index (χ0n) is 10.4. The van der Waals surface area contributed by atoms with E-state index in [2.05, 4.69) is 10.3 Å². The zero-order valence-corrected chi connectivity index (χ0v) is 11.2. The van der Waals surface area contributed by atoms with E-state index >= 15 is 0 Å². The number of thiazole rings is 1. The topological polar surface area (TPSA) is 79.3 Å². The van der Waals surface area contributed by atoms with Crippen LogP contribution in [0.5, 0.6) is 0 Å². The van der Waals surface area contributed by atoms with E-state index in [1.807, 2.05) is 12.2 Å². The number of nitrogens with one attached hydrogen (secondary N) is 1. The van der Waals surface area contributed by atoms with E-state index in [1.165, 1.54) is 11.3 Å². The summed E-state index contributed by atoms with van der Waals surface area (Å²) >= 11 is 1.33. The number of carbonyl (C=O) groups is 2. The molecule has 0 saturated heterocycles. The van der Waals surface area contributed by atoms with Crippen LogP contribution < -0.4 is 5.32 Å². The molecule has 19 heavy (non-hydrogen) atoms. The molecule has 0 spiro atoms. The number of rotatable bonds is 3. The van der Waals surface area contributed by atoms with E-state index in [1.54, 1.807) is 18.5 Å². The number of allylic oxidation sites excluding steroid dienone is 2. The van der Waals surface area contributed by atoms with E-state index in [-0.39, 0.29) is 17.7 Å². The summed E-state index contributed by atoms with van der Waals surface area (Å²) in [5.74, 6) is -1.70. The van der Waals surface area contributed by atoms with Crippen LogP contribution in [0, 0.1) is 23.2 Å². The fourth-order valence-electron chi connectivity index (χ4n) is 3.32. The molecule has 1 aromatic heterocycles. The van der Waals surface area contributed by atoms with Gasteiger partial charge in [0.05, 0.1) is 11.3 Å². The number of hydrogen-bond donors (Lipinski definition) is 2. The number of aliphatic carboxylic acids is 1. The van der Waals surface area contributed by atoms with Gasteiger partial charge in [0, 0.05) is 11.6 Å². The van der Waals surface area contributed by atoms with Gasteiger partial charge in [-0.2, -0.15) is 0 Å². The highest BCUT2D eigenvalue weighted by Crippen LogP contribution is 2.56. The van der Waals surface area contributed by atoms with Crippen LogP contribution in [0.1, 0.15) is 13.3 Å². The SMILES string of the molecule is C[C@@]1(C(=O)O)[C@H]2C=C[C@@H](C2)[C@@H]1C(=O)Nc1nccs1. The molecule has 4 atom stereocenters. The molecule has 3 rings (SSSR count). The van der Waals surface area contributed by atoms with Gasteiger partial charge in [-0.1, -0.05) is 12.2 Å². The second kappa shape index (κ2) is 4.16. The second-order valence-corrected chi connectivity index (χ2v) is 6.18. The lowest BCUT2D eigenvalue weighted by Crippen LogP contribution is -2.45. The predicted molar refractivity (Wildman–Crippen MR) is 70.7 cm³/mol. The van der Waals surface area contributed by atoms with Gasteiger partial charge in [-0.3, -0.25) is 9.59 Å². The molecule has 2 aliphatic carbocycles. The Bertz CT molecular complexity index is 554. The molecule has 100 valence electrons. The number of carboxylic acid groups (broad SMARTS) is 1. The maximum Gasteiger partial charge on any atom is 0.310 e. The van der Waals surface area contributed by atoms with Crippen LogP contribution in [0.2, 0.25) is 0 Å². The van der Waals surface area contributed by atoms with Crippen molar-refractivity contribution in [2.75, 3.05) is 5.32 Å². The Kier molecular flexibility index (Phi) is 2.70. The van der Waals surface area contributed by atoms with E-state index in [0.717, 1.165) is 6.42 Å². The normalized spacial score (nSPS) is 35.5. The minimum atomic E-state index is -1.01. The molecule has 2 bridgehead atoms. The Morgan fingerprint density at radius 2 is 2.32 bits per heavy atom. The molecule has 0 radical (unpaired) electrons. The van der Waals surface area contributed by atoms with Gasteiger partial charge in [0.2, 0.25) is 5.91 Å². The summed E-state index contributed by atoms with van der Waals surface area (Å²) < 4.78 is 0. The number of fused-ring (bicyclic) bond motifs is 2. The highest BCUT2D eigenvalue weighted by atomic mass is 32.1. The molecule has 2 N–H and O–H groups in total. The molecule has 1 amide bonds. The van der Waals surface area contributed by atoms with Crippen molar-refractivity contribution < 1.29 is 14.7 Å². The maximum absolute atomic E-state index is 12.4. The Morgan fingerprint density at radius 1 is 1.53 bits per heavy atom. The van der Waals surface area contributed by atoms with Crippen molar-refractivity contribution in [3.05, 3.63) is 23.7 Å². The van der Waals surface area contributed by atoms with E-state index in [9.17, 15) is 14.7 Å². The van der Waals surface area contributed by atoms with Crippen LogP contribution >= 0.6 is 11.3 Å². The quantitative estimate of drug-likeness (QED) is 0.829. The monoisotopic (exact) mass is 278 g/mol. The van der Waals surface area contributed by atoms with E-state index in [4.69, 9.17) is 0 Å². The van der Waals surface area contributed by atoms with Gasteiger partial charge < -0.3 is 10.4 Å². The van der Waals surface area contributed by atoms with Crippen LogP contribution in [0.15, 0.2) is 23.7 Å². The average molecular weight is 278 g/mol. The summed E-state index contributed by atoms with van der Waals surface area (Å²) in [7, 11) is 0. The number of amides is 1. The molecule has 0 aliphatic heterocycles. The van der Waals surface area contributed by atoms with Gasteiger partial charge in [-0.15, -0.1) is 11.3 Å². The van der Waals surface area contributed by atoms with Crippen molar-refractivity contribution in [1.29, 1.82) is 0 Å². The van der Waals surface area contributed by atoms with Crippen molar-refractivity contribution in [2.45, 2.75) is 13.3 Å². The summed E-state index contributed by atoms with van der Waals surface area (Å²) in [6.45, 7) is 1.68. The van der Waals surface area contributed by atoms with Crippen molar-refractivity contribution in [3.8, 4) is 0 Å². The maximum atomic E-state index is 12.4. The first kappa shape index (κ1) is 12.3. The minimum Gasteiger partial charge on any atom is -0.481 e. The lowest BCUT2D eigenvalue weighted by molar-refractivity contribution is -0.155. The second-order valence-electron chi connectivity index (χ2n) is 5.28. The lowest BCUT2D eigenvalue weighted by atomic mass is 9.69. The fraction of sp³-hybridized carbons (Fsp3) is 0.462. The summed E-state index contributed by atoms with van der Waals surface area (Å²) in [6.07, 6.45) is 6.27. The Labute approximate surface area is 114 Å². The molecule has 2 aliphatic rings. The van der Waals surface area contributed by atoms with Crippen LogP contribution in [-0.4, -0.2) is 22.0 Å². The third-order valence-electron chi connectivity index (χ3n) is 4.37. The summed E-state index contributed by atoms with van der Waals surface area (Å²) in [6, 6.07) is 0. The minimum absolute atomic E-state index is 0.0195. The molecule has 1 heterocycles. The van der Waals surface area contributed by atoms with Crippen LogP contribution in [-0.2, 0) is 9.59 Å². The van der Waals surface area contributed by atoms with Gasteiger partial charge in [0.25, 0.3) is 0 Å². The van der Waals surface area contributed by atoms with E-state index in [0.29, 0.717) is 5.13 Å². The molecule has 1 saturated carbocycles. The Morgan fingerprint density at radius 3 is 2.95 bits per heavy atom. The summed E-state index contributed by atoms with van der Waals surface area (Å²) in [5.41, 5.74) is -1.01. The van der Waals surface area contributed by atoms with Crippen LogP contribution in [0.25, 0.3) is 0 Å². The van der Waals surface area contributed by atoms with E-state index < -0.39 is 17.3 Å². The predicted octanol–water partition coefficient (Wildman–Crippen LogP) is 1.99. The molecule has 0 unspecified atom stereocenters. The first-order chi connectivity index (χ1) is 9.03. The highest BCUT2D eigenvalue weighted by Gasteiger charge is 2.60. The number of hydrogen-bond acceptors (Lipinski definition) is 4. The Hall–Kier alpha value is -1.69. The Balaban J connectivity index is 1.88. The third-order valence-corrected chi connectivity index (χ3v) is 5.06. The fourth-order valence-corrected chi connectivity index (χ4v) is 3.85. The number of nitrogens with zero attached hydrogens (tertiary/aromatic N) is 1. The molecule has 5 nitrogen and oxygen atoms in total. The molecular formula is C13H14N2O3S. The van der Waals surface area contributed by atoms with Crippen molar-refractivity contribution in [3.63, 3.8) is 0 Å². The first-order valence-electron chi connectivity index (χ1n) is 6.15. The molecule has 0 aromatic carbocycles. The van der Waals surface area contributed by atoms with Crippen molar-refractivity contribution in [1.82, 2.24) is 4.98 Å². The van der Waals surface area contributed by atoms with Crippen molar-refractivity contribution >= 4 is 28.3 Å². The van der Waals surface area contributed by atoms with Gasteiger partial charge in [0.1, 0.15) is 0 Å². The number of aromatic nitrogens is 1. The number of anilines is 1. The third kappa shape index (κ3) is 1.70.